The van der Waals surface area contributed by atoms with Crippen molar-refractivity contribution < 1.29 is 19.1 Å². The van der Waals surface area contributed by atoms with Gasteiger partial charge in [0.2, 0.25) is 0 Å². The van der Waals surface area contributed by atoms with Crippen LogP contribution in [0.25, 0.3) is 0 Å². The van der Waals surface area contributed by atoms with Gasteiger partial charge in [0.15, 0.2) is 0 Å². The van der Waals surface area contributed by atoms with E-state index in [0.717, 1.165) is 25.7 Å². The fourth-order valence-electron chi connectivity index (χ4n) is 3.78. The van der Waals surface area contributed by atoms with Gasteiger partial charge in [-0.25, -0.2) is 0 Å². The van der Waals surface area contributed by atoms with Crippen LogP contribution < -0.4 is 0 Å². The second-order valence-electron chi connectivity index (χ2n) is 5.52. The first-order valence-corrected chi connectivity index (χ1v) is 7.89. The second kappa shape index (κ2) is 7.09. The molecular weight excluding hydrogens is 256 g/mol. The van der Waals surface area contributed by atoms with E-state index in [1.807, 2.05) is 27.7 Å². The minimum absolute atomic E-state index is 0.225. The average molecular weight is 284 g/mol. The molecule has 1 fully saturated rings. The maximum absolute atomic E-state index is 12.6. The van der Waals surface area contributed by atoms with Crippen molar-refractivity contribution in [3.05, 3.63) is 0 Å². The highest BCUT2D eigenvalue weighted by Crippen LogP contribution is 2.56. The number of ether oxygens (including phenoxy) is 2. The SMILES string of the molecule is CCOC(=O)[C@]1(CC)CCCC[C@]1(CC)C(=O)OCC. The van der Waals surface area contributed by atoms with Crippen molar-refractivity contribution in [2.45, 2.75) is 66.2 Å². The molecule has 0 radical (unpaired) electrons. The second-order valence-corrected chi connectivity index (χ2v) is 5.52. The van der Waals surface area contributed by atoms with Crippen LogP contribution in [0.5, 0.6) is 0 Å². The Bertz CT molecular complexity index is 318. The summed E-state index contributed by atoms with van der Waals surface area (Å²) in [5, 5.41) is 0. The Balaban J connectivity index is 3.26. The van der Waals surface area contributed by atoms with Crippen molar-refractivity contribution in [3.8, 4) is 0 Å². The zero-order chi connectivity index (χ0) is 15.2. The molecule has 0 heterocycles. The summed E-state index contributed by atoms with van der Waals surface area (Å²) in [6.07, 6.45) is 4.61. The highest BCUT2D eigenvalue weighted by molar-refractivity contribution is 5.88. The summed E-state index contributed by atoms with van der Waals surface area (Å²) in [4.78, 5) is 25.2. The average Bonchev–Trinajstić information content (AvgIpc) is 2.47. The van der Waals surface area contributed by atoms with Crippen molar-refractivity contribution >= 4 is 11.9 Å². The minimum atomic E-state index is -0.720. The van der Waals surface area contributed by atoms with E-state index >= 15 is 0 Å². The van der Waals surface area contributed by atoms with Crippen molar-refractivity contribution in [3.63, 3.8) is 0 Å². The molecule has 1 aliphatic carbocycles. The topological polar surface area (TPSA) is 52.6 Å². The standard InChI is InChI=1S/C16H28O4/c1-5-15(13(17)19-7-3)11-9-10-12-16(15,6-2)14(18)20-8-4/h5-12H2,1-4H3/t15-,16+. The van der Waals surface area contributed by atoms with E-state index in [4.69, 9.17) is 9.47 Å². The van der Waals surface area contributed by atoms with E-state index in [2.05, 4.69) is 0 Å². The maximum atomic E-state index is 12.6. The molecule has 116 valence electrons. The van der Waals surface area contributed by atoms with Gasteiger partial charge in [-0.2, -0.15) is 0 Å². The summed E-state index contributed by atoms with van der Waals surface area (Å²) < 4.78 is 10.6. The zero-order valence-corrected chi connectivity index (χ0v) is 13.3. The van der Waals surface area contributed by atoms with Gasteiger partial charge < -0.3 is 9.47 Å². The largest absolute Gasteiger partial charge is 0.466 e. The lowest BCUT2D eigenvalue weighted by atomic mass is 9.53. The molecule has 4 nitrogen and oxygen atoms in total. The van der Waals surface area contributed by atoms with Gasteiger partial charge in [-0.05, 0) is 39.5 Å². The zero-order valence-electron chi connectivity index (χ0n) is 13.3. The number of carbonyl (C=O) groups excluding carboxylic acids is 2. The van der Waals surface area contributed by atoms with Crippen LogP contribution in [-0.2, 0) is 19.1 Å². The molecule has 4 heteroatoms. The lowest BCUT2D eigenvalue weighted by molar-refractivity contribution is -0.188. The summed E-state index contributed by atoms with van der Waals surface area (Å²) in [5.74, 6) is -0.450. The van der Waals surface area contributed by atoms with Gasteiger partial charge in [-0.15, -0.1) is 0 Å². The number of hydrogen-bond donors (Lipinski definition) is 0. The van der Waals surface area contributed by atoms with Crippen LogP contribution in [0.1, 0.15) is 66.2 Å². The summed E-state index contributed by atoms with van der Waals surface area (Å²) in [7, 11) is 0. The Labute approximate surface area is 122 Å². The molecule has 0 unspecified atom stereocenters. The maximum Gasteiger partial charge on any atom is 0.313 e. The van der Waals surface area contributed by atoms with Gasteiger partial charge in [0.05, 0.1) is 24.0 Å². The van der Waals surface area contributed by atoms with Crippen LogP contribution in [0.15, 0.2) is 0 Å². The molecular formula is C16H28O4. The Morgan fingerprint density at radius 2 is 1.15 bits per heavy atom. The highest BCUT2D eigenvalue weighted by Gasteiger charge is 2.61. The Hall–Kier alpha value is -1.06. The van der Waals surface area contributed by atoms with Gasteiger partial charge in [0.25, 0.3) is 0 Å². The third-order valence-corrected chi connectivity index (χ3v) is 4.91. The first-order valence-electron chi connectivity index (χ1n) is 7.89. The van der Waals surface area contributed by atoms with E-state index in [9.17, 15) is 9.59 Å². The predicted octanol–water partition coefficient (Wildman–Crippen LogP) is 3.48. The third-order valence-electron chi connectivity index (χ3n) is 4.91. The molecule has 20 heavy (non-hydrogen) atoms. The number of hydrogen-bond acceptors (Lipinski definition) is 4. The predicted molar refractivity (Wildman–Crippen MR) is 77.2 cm³/mol. The molecule has 0 saturated heterocycles. The molecule has 0 aromatic heterocycles. The summed E-state index contributed by atoms with van der Waals surface area (Å²) in [5.41, 5.74) is -1.44. The highest BCUT2D eigenvalue weighted by atomic mass is 16.5. The fraction of sp³-hybridized carbons (Fsp3) is 0.875. The Morgan fingerprint density at radius 1 is 0.800 bits per heavy atom. The molecule has 0 aliphatic heterocycles. The van der Waals surface area contributed by atoms with E-state index in [1.165, 1.54) is 0 Å². The van der Waals surface area contributed by atoms with Crippen LogP contribution in [-0.4, -0.2) is 25.2 Å². The first kappa shape index (κ1) is 17.0. The van der Waals surface area contributed by atoms with Gasteiger partial charge in [0.1, 0.15) is 0 Å². The van der Waals surface area contributed by atoms with E-state index in [-0.39, 0.29) is 11.9 Å². The van der Waals surface area contributed by atoms with Crippen LogP contribution >= 0.6 is 0 Å². The third kappa shape index (κ3) is 2.57. The van der Waals surface area contributed by atoms with E-state index < -0.39 is 10.8 Å². The first-order chi connectivity index (χ1) is 9.54. The lowest BCUT2D eigenvalue weighted by Crippen LogP contribution is -2.55. The van der Waals surface area contributed by atoms with Crippen molar-refractivity contribution in [2.75, 3.05) is 13.2 Å². The molecule has 0 bridgehead atoms. The van der Waals surface area contributed by atoms with E-state index in [1.54, 1.807) is 0 Å². The number of carbonyl (C=O) groups is 2. The molecule has 0 aromatic carbocycles. The van der Waals surface area contributed by atoms with Crippen LogP contribution in [0, 0.1) is 10.8 Å². The Morgan fingerprint density at radius 3 is 1.40 bits per heavy atom. The summed E-state index contributed by atoms with van der Waals surface area (Å²) >= 11 is 0. The monoisotopic (exact) mass is 284 g/mol. The van der Waals surface area contributed by atoms with Gasteiger partial charge >= 0.3 is 11.9 Å². The number of rotatable bonds is 6. The van der Waals surface area contributed by atoms with Crippen molar-refractivity contribution in [2.24, 2.45) is 10.8 Å². The molecule has 0 N–H and O–H groups in total. The van der Waals surface area contributed by atoms with Crippen molar-refractivity contribution in [1.82, 2.24) is 0 Å². The quantitative estimate of drug-likeness (QED) is 0.701. The molecule has 1 rings (SSSR count). The molecule has 2 atom stereocenters. The Kier molecular flexibility index (Phi) is 6.03. The molecule has 1 aliphatic rings. The fourth-order valence-corrected chi connectivity index (χ4v) is 3.78. The summed E-state index contributed by atoms with van der Waals surface area (Å²) in [6.45, 7) is 8.27. The number of esters is 2. The van der Waals surface area contributed by atoms with Gasteiger partial charge in [0, 0.05) is 0 Å². The molecule has 0 aromatic rings. The lowest BCUT2D eigenvalue weighted by Gasteiger charge is -2.49. The minimum Gasteiger partial charge on any atom is -0.466 e. The van der Waals surface area contributed by atoms with Gasteiger partial charge in [-0.3, -0.25) is 9.59 Å². The normalized spacial score (nSPS) is 29.8. The van der Waals surface area contributed by atoms with Crippen molar-refractivity contribution in [1.29, 1.82) is 0 Å². The van der Waals surface area contributed by atoms with E-state index in [0.29, 0.717) is 26.1 Å². The molecule has 0 amide bonds. The molecule has 1 saturated carbocycles. The van der Waals surface area contributed by atoms with Gasteiger partial charge in [-0.1, -0.05) is 26.7 Å². The van der Waals surface area contributed by atoms with Crippen LogP contribution in [0.3, 0.4) is 0 Å². The summed E-state index contributed by atoms with van der Waals surface area (Å²) in [6, 6.07) is 0. The van der Waals surface area contributed by atoms with Crippen LogP contribution in [0.4, 0.5) is 0 Å². The molecule has 0 spiro atoms. The van der Waals surface area contributed by atoms with Crippen LogP contribution in [0.2, 0.25) is 0 Å². The smallest absolute Gasteiger partial charge is 0.313 e.